The van der Waals surface area contributed by atoms with Crippen LogP contribution in [-0.4, -0.2) is 46.8 Å². The van der Waals surface area contributed by atoms with Crippen LogP contribution in [0.4, 0.5) is 0 Å². The third-order valence-corrected chi connectivity index (χ3v) is 6.52. The highest BCUT2D eigenvalue weighted by molar-refractivity contribution is 5.82. The Morgan fingerprint density at radius 3 is 2.36 bits per heavy atom. The van der Waals surface area contributed by atoms with E-state index >= 15 is 0 Å². The lowest BCUT2D eigenvalue weighted by Crippen LogP contribution is -2.54. The smallest absolute Gasteiger partial charge is 0.242 e. The molecule has 0 radical (unpaired) electrons. The molecule has 3 fully saturated rings. The van der Waals surface area contributed by atoms with Gasteiger partial charge >= 0.3 is 0 Å². The molecule has 1 aromatic rings. The van der Waals surface area contributed by atoms with Gasteiger partial charge in [0.05, 0.1) is 11.5 Å². The Kier molecular flexibility index (Phi) is 4.05. The molecule has 132 valence electrons. The van der Waals surface area contributed by atoms with E-state index in [4.69, 9.17) is 0 Å². The van der Waals surface area contributed by atoms with Crippen LogP contribution in [0.15, 0.2) is 30.3 Å². The van der Waals surface area contributed by atoms with Crippen molar-refractivity contribution >= 4 is 5.91 Å². The monoisotopic (exact) mass is 339 g/mol. The van der Waals surface area contributed by atoms with Crippen molar-refractivity contribution < 1.29 is 10.0 Å². The number of nitrogens with zero attached hydrogens (tertiary/aromatic N) is 3. The quantitative estimate of drug-likeness (QED) is 0.899. The normalized spacial score (nSPS) is 27.7. The van der Waals surface area contributed by atoms with Crippen LogP contribution in [0.3, 0.4) is 0 Å². The highest BCUT2D eigenvalue weighted by Gasteiger charge is 2.50. The summed E-state index contributed by atoms with van der Waals surface area (Å²) in [7, 11) is 0. The second-order valence-electron chi connectivity index (χ2n) is 8.04. The minimum Gasteiger partial charge on any atom is -0.341 e. The second kappa shape index (κ2) is 6.12. The Hall–Kier alpha value is -1.90. The molecule has 1 amide bonds. The van der Waals surface area contributed by atoms with Crippen LogP contribution in [0, 0.1) is 16.7 Å². The highest BCUT2D eigenvalue weighted by atomic mass is 16.5. The van der Waals surface area contributed by atoms with Crippen molar-refractivity contribution in [3.05, 3.63) is 35.9 Å². The lowest BCUT2D eigenvalue weighted by Gasteiger charge is -2.41. The molecule has 25 heavy (non-hydrogen) atoms. The first kappa shape index (κ1) is 16.6. The molecule has 0 unspecified atom stereocenters. The number of piperidine rings is 2. The largest absolute Gasteiger partial charge is 0.341 e. The van der Waals surface area contributed by atoms with E-state index in [-0.39, 0.29) is 11.3 Å². The number of nitriles is 1. The predicted molar refractivity (Wildman–Crippen MR) is 92.7 cm³/mol. The first-order valence-corrected chi connectivity index (χ1v) is 9.29. The van der Waals surface area contributed by atoms with E-state index in [9.17, 15) is 15.3 Å². The number of carbonyl (C=O) groups excluding carboxylic acids is 1. The van der Waals surface area contributed by atoms with Crippen molar-refractivity contribution in [2.24, 2.45) is 5.41 Å². The van der Waals surface area contributed by atoms with Crippen molar-refractivity contribution in [2.75, 3.05) is 19.6 Å². The van der Waals surface area contributed by atoms with Crippen LogP contribution in [0.2, 0.25) is 0 Å². The summed E-state index contributed by atoms with van der Waals surface area (Å²) in [6.45, 7) is 1.79. The van der Waals surface area contributed by atoms with Crippen molar-refractivity contribution in [3.63, 3.8) is 0 Å². The van der Waals surface area contributed by atoms with E-state index in [2.05, 4.69) is 6.07 Å². The minimum absolute atomic E-state index is 0.0256. The Morgan fingerprint density at radius 2 is 1.80 bits per heavy atom. The van der Waals surface area contributed by atoms with Crippen molar-refractivity contribution in [2.45, 2.75) is 50.0 Å². The molecular formula is C20H25N3O2. The van der Waals surface area contributed by atoms with Gasteiger partial charge in [0.25, 0.3) is 0 Å². The van der Waals surface area contributed by atoms with Gasteiger partial charge in [-0.2, -0.15) is 10.3 Å². The van der Waals surface area contributed by atoms with Crippen molar-refractivity contribution in [3.8, 4) is 6.07 Å². The Labute approximate surface area is 148 Å². The van der Waals surface area contributed by atoms with Gasteiger partial charge in [0.2, 0.25) is 5.91 Å². The molecule has 1 spiro atoms. The number of rotatable bonds is 2. The average molecular weight is 339 g/mol. The van der Waals surface area contributed by atoms with Crippen LogP contribution in [-0.2, 0) is 10.2 Å². The van der Waals surface area contributed by atoms with Crippen LogP contribution in [0.5, 0.6) is 0 Å². The Morgan fingerprint density at radius 1 is 1.12 bits per heavy atom. The molecule has 1 aliphatic carbocycles. The molecule has 2 aliphatic heterocycles. The number of hydrogen-bond acceptors (Lipinski definition) is 4. The van der Waals surface area contributed by atoms with Crippen LogP contribution in [0.1, 0.15) is 44.1 Å². The van der Waals surface area contributed by atoms with Crippen molar-refractivity contribution in [1.29, 1.82) is 5.26 Å². The fraction of sp³-hybridized carbons (Fsp3) is 0.600. The predicted octanol–water partition coefficient (Wildman–Crippen LogP) is 2.70. The molecule has 3 aliphatic rings. The molecule has 0 aromatic heterocycles. The maximum Gasteiger partial charge on any atom is 0.242 e. The van der Waals surface area contributed by atoms with Crippen LogP contribution < -0.4 is 0 Å². The van der Waals surface area contributed by atoms with E-state index in [0.29, 0.717) is 32.5 Å². The highest BCUT2D eigenvalue weighted by Crippen LogP contribution is 2.53. The molecule has 1 N–H and O–H groups in total. The van der Waals surface area contributed by atoms with Gasteiger partial charge in [-0.15, -0.1) is 0 Å². The number of benzene rings is 1. The summed E-state index contributed by atoms with van der Waals surface area (Å²) in [5.41, 5.74) is 0.833. The number of hydroxylamine groups is 2. The SMILES string of the molecule is N#CC1(c2ccccc2)CCN(C(=O)[C@@H]2CCC3(CC3)CN2O)CC1. The summed E-state index contributed by atoms with van der Waals surface area (Å²) in [6.07, 6.45) is 5.45. The van der Waals surface area contributed by atoms with Gasteiger partial charge in [-0.1, -0.05) is 30.3 Å². The lowest BCUT2D eigenvalue weighted by atomic mass is 9.74. The molecule has 2 saturated heterocycles. The van der Waals surface area contributed by atoms with Crippen LogP contribution >= 0.6 is 0 Å². The number of hydrogen-bond donors (Lipinski definition) is 1. The van der Waals surface area contributed by atoms with E-state index in [1.807, 2.05) is 35.2 Å². The molecule has 1 saturated carbocycles. The Balaban J connectivity index is 1.41. The topological polar surface area (TPSA) is 67.6 Å². The van der Waals surface area contributed by atoms with Gasteiger partial charge in [-0.05, 0) is 49.5 Å². The fourth-order valence-electron chi connectivity index (χ4n) is 4.50. The molecule has 1 aromatic carbocycles. The zero-order valence-corrected chi connectivity index (χ0v) is 14.5. The summed E-state index contributed by atoms with van der Waals surface area (Å²) in [5, 5.41) is 21.4. The first-order chi connectivity index (χ1) is 12.1. The molecule has 0 bridgehead atoms. The summed E-state index contributed by atoms with van der Waals surface area (Å²) in [4.78, 5) is 14.7. The zero-order chi connectivity index (χ0) is 17.5. The third kappa shape index (κ3) is 2.94. The molecule has 2 heterocycles. The zero-order valence-electron chi connectivity index (χ0n) is 14.5. The molecular weight excluding hydrogens is 314 g/mol. The van der Waals surface area contributed by atoms with Gasteiger partial charge < -0.3 is 10.1 Å². The van der Waals surface area contributed by atoms with Gasteiger partial charge in [0.1, 0.15) is 6.04 Å². The maximum atomic E-state index is 12.9. The van der Waals surface area contributed by atoms with Gasteiger partial charge in [-0.25, -0.2) is 0 Å². The summed E-state index contributed by atoms with van der Waals surface area (Å²) < 4.78 is 0. The van der Waals surface area contributed by atoms with Gasteiger partial charge in [0.15, 0.2) is 0 Å². The number of carbonyl (C=O) groups is 1. The summed E-state index contributed by atoms with van der Waals surface area (Å²) in [5.74, 6) is 0.0256. The standard InChI is InChI=1S/C20H25N3O2/c21-14-20(16-4-2-1-3-5-16)10-12-22(13-11-20)18(24)17-6-7-19(8-9-19)15-23(17)25/h1-5,17,25H,6-13,15H2/t17-/m0/s1. The van der Waals surface area contributed by atoms with E-state index in [1.165, 1.54) is 17.9 Å². The van der Waals surface area contributed by atoms with Gasteiger partial charge in [-0.3, -0.25) is 4.79 Å². The molecule has 4 rings (SSSR count). The van der Waals surface area contributed by atoms with E-state index in [0.717, 1.165) is 18.4 Å². The number of likely N-dealkylation sites (tertiary alicyclic amines) is 1. The minimum atomic E-state index is -0.498. The van der Waals surface area contributed by atoms with E-state index in [1.54, 1.807) is 0 Å². The van der Waals surface area contributed by atoms with Crippen molar-refractivity contribution in [1.82, 2.24) is 9.96 Å². The van der Waals surface area contributed by atoms with E-state index < -0.39 is 11.5 Å². The second-order valence-corrected chi connectivity index (χ2v) is 8.04. The maximum absolute atomic E-state index is 12.9. The lowest BCUT2D eigenvalue weighted by molar-refractivity contribution is -0.180. The summed E-state index contributed by atoms with van der Waals surface area (Å²) in [6, 6.07) is 12.0. The fourth-order valence-corrected chi connectivity index (χ4v) is 4.50. The molecule has 5 heteroatoms. The average Bonchev–Trinajstić information content (AvgIpc) is 3.40. The number of amides is 1. The first-order valence-electron chi connectivity index (χ1n) is 9.29. The third-order valence-electron chi connectivity index (χ3n) is 6.52. The molecule has 1 atom stereocenters. The summed E-state index contributed by atoms with van der Waals surface area (Å²) >= 11 is 0. The van der Waals surface area contributed by atoms with Gasteiger partial charge in [0, 0.05) is 19.6 Å². The molecule has 5 nitrogen and oxygen atoms in total. The Bertz CT molecular complexity index is 685. The van der Waals surface area contributed by atoms with Crippen LogP contribution in [0.25, 0.3) is 0 Å².